The molecule has 25 heavy (non-hydrogen) atoms. The third-order valence-electron chi connectivity index (χ3n) is 3.84. The maximum Gasteiger partial charge on any atom is 0.311 e. The summed E-state index contributed by atoms with van der Waals surface area (Å²) in [7, 11) is 0. The van der Waals surface area contributed by atoms with Crippen LogP contribution in [0.2, 0.25) is 0 Å². The molecule has 3 aromatic heterocycles. The third-order valence-corrected chi connectivity index (χ3v) is 4.70. The Morgan fingerprint density at radius 2 is 2.16 bits per heavy atom. The zero-order valence-electron chi connectivity index (χ0n) is 13.4. The third kappa shape index (κ3) is 3.18. The van der Waals surface area contributed by atoms with Gasteiger partial charge >= 0.3 is 5.97 Å². The zero-order valence-corrected chi connectivity index (χ0v) is 14.2. The molecule has 0 fully saturated rings. The standard InChI is InChI=1S/C18H15N3O3S/c1-11(17-20-21-18(24-17)15-7-4-8-25-15)23-16(22)9-12-10-19-14-6-3-2-5-13(12)14/h2-8,10-11,19H,9H2,1H3/t11-/m1/s1. The van der Waals surface area contributed by atoms with Gasteiger partial charge in [0.1, 0.15) is 0 Å². The average molecular weight is 353 g/mol. The van der Waals surface area contributed by atoms with E-state index in [1.54, 1.807) is 6.92 Å². The molecule has 4 rings (SSSR count). The van der Waals surface area contributed by atoms with E-state index in [2.05, 4.69) is 15.2 Å². The molecule has 0 radical (unpaired) electrons. The highest BCUT2D eigenvalue weighted by atomic mass is 32.1. The second-order valence-corrected chi connectivity index (χ2v) is 6.54. The van der Waals surface area contributed by atoms with Gasteiger partial charge in [-0.05, 0) is 30.0 Å². The van der Waals surface area contributed by atoms with Crippen LogP contribution in [0.25, 0.3) is 21.7 Å². The van der Waals surface area contributed by atoms with Crippen LogP contribution in [0, 0.1) is 0 Å². The fraction of sp³-hybridized carbons (Fsp3) is 0.167. The van der Waals surface area contributed by atoms with Crippen LogP contribution in [0.15, 0.2) is 52.4 Å². The maximum atomic E-state index is 12.2. The summed E-state index contributed by atoms with van der Waals surface area (Å²) in [6, 6.07) is 11.6. The van der Waals surface area contributed by atoms with E-state index in [1.807, 2.05) is 48.0 Å². The SMILES string of the molecule is C[C@@H](OC(=O)Cc1c[nH]c2ccccc12)c1nnc(-c2cccs2)o1. The van der Waals surface area contributed by atoms with Crippen LogP contribution in [-0.4, -0.2) is 21.2 Å². The monoisotopic (exact) mass is 353 g/mol. The molecule has 0 saturated heterocycles. The van der Waals surface area contributed by atoms with Crippen LogP contribution in [0.4, 0.5) is 0 Å². The number of ether oxygens (including phenoxy) is 1. The van der Waals surface area contributed by atoms with E-state index in [1.165, 1.54) is 11.3 Å². The molecule has 0 aliphatic heterocycles. The van der Waals surface area contributed by atoms with Gasteiger partial charge in [0.05, 0.1) is 11.3 Å². The highest BCUT2D eigenvalue weighted by Gasteiger charge is 2.20. The molecule has 1 atom stereocenters. The van der Waals surface area contributed by atoms with Gasteiger partial charge in [0.2, 0.25) is 0 Å². The van der Waals surface area contributed by atoms with Crippen molar-refractivity contribution in [3.63, 3.8) is 0 Å². The second-order valence-electron chi connectivity index (χ2n) is 5.59. The lowest BCUT2D eigenvalue weighted by Gasteiger charge is -2.09. The van der Waals surface area contributed by atoms with Crippen molar-refractivity contribution in [3.05, 3.63) is 59.4 Å². The molecule has 6 nitrogen and oxygen atoms in total. The number of esters is 1. The summed E-state index contributed by atoms with van der Waals surface area (Å²) < 4.78 is 11.0. The summed E-state index contributed by atoms with van der Waals surface area (Å²) in [5.74, 6) is 0.383. The van der Waals surface area contributed by atoms with E-state index in [4.69, 9.17) is 9.15 Å². The molecule has 126 valence electrons. The number of nitrogens with one attached hydrogen (secondary N) is 1. The molecule has 0 saturated carbocycles. The van der Waals surface area contributed by atoms with Crippen molar-refractivity contribution in [2.24, 2.45) is 0 Å². The first kappa shape index (κ1) is 15.6. The number of thiophene rings is 1. The van der Waals surface area contributed by atoms with Gasteiger partial charge in [0.15, 0.2) is 6.10 Å². The number of nitrogens with zero attached hydrogens (tertiary/aromatic N) is 2. The Balaban J connectivity index is 1.44. The number of benzene rings is 1. The Hall–Kier alpha value is -2.93. The lowest BCUT2D eigenvalue weighted by atomic mass is 10.1. The van der Waals surface area contributed by atoms with Gasteiger partial charge in [-0.3, -0.25) is 4.79 Å². The molecular weight excluding hydrogens is 338 g/mol. The average Bonchev–Trinajstić information content (AvgIpc) is 3.35. The molecule has 1 aromatic carbocycles. The largest absolute Gasteiger partial charge is 0.452 e. The molecule has 0 spiro atoms. The molecular formula is C18H15N3O3S. The van der Waals surface area contributed by atoms with Crippen LogP contribution in [-0.2, 0) is 16.0 Å². The van der Waals surface area contributed by atoms with E-state index in [0.29, 0.717) is 5.89 Å². The van der Waals surface area contributed by atoms with Crippen LogP contribution in [0.3, 0.4) is 0 Å². The van der Waals surface area contributed by atoms with Gasteiger partial charge < -0.3 is 14.1 Å². The molecule has 0 bridgehead atoms. The highest BCUT2D eigenvalue weighted by molar-refractivity contribution is 7.13. The lowest BCUT2D eigenvalue weighted by Crippen LogP contribution is -2.11. The minimum Gasteiger partial charge on any atom is -0.452 e. The summed E-state index contributed by atoms with van der Waals surface area (Å²) >= 11 is 1.51. The molecule has 0 unspecified atom stereocenters. The Morgan fingerprint density at radius 1 is 1.28 bits per heavy atom. The topological polar surface area (TPSA) is 81.0 Å². The van der Waals surface area contributed by atoms with Crippen LogP contribution in [0.5, 0.6) is 0 Å². The van der Waals surface area contributed by atoms with Crippen LogP contribution in [0.1, 0.15) is 24.5 Å². The Bertz CT molecular complexity index is 1000. The summed E-state index contributed by atoms with van der Waals surface area (Å²) in [4.78, 5) is 16.3. The van der Waals surface area contributed by atoms with Gasteiger partial charge in [-0.15, -0.1) is 21.5 Å². The van der Waals surface area contributed by atoms with E-state index in [0.717, 1.165) is 21.3 Å². The van der Waals surface area contributed by atoms with E-state index in [9.17, 15) is 4.79 Å². The van der Waals surface area contributed by atoms with E-state index < -0.39 is 6.10 Å². The number of hydrogen-bond donors (Lipinski definition) is 1. The molecule has 3 heterocycles. The van der Waals surface area contributed by atoms with Crippen molar-refractivity contribution in [2.75, 3.05) is 0 Å². The van der Waals surface area contributed by atoms with Crippen LogP contribution < -0.4 is 0 Å². The fourth-order valence-corrected chi connectivity index (χ4v) is 3.27. The van der Waals surface area contributed by atoms with Crippen molar-refractivity contribution < 1.29 is 13.9 Å². The van der Waals surface area contributed by atoms with Crippen molar-refractivity contribution in [3.8, 4) is 10.8 Å². The quantitative estimate of drug-likeness (QED) is 0.546. The van der Waals surface area contributed by atoms with Gasteiger partial charge in [-0.25, -0.2) is 0 Å². The molecule has 4 aromatic rings. The van der Waals surface area contributed by atoms with Crippen molar-refractivity contribution in [1.82, 2.24) is 15.2 Å². The second kappa shape index (κ2) is 6.52. The molecule has 1 N–H and O–H groups in total. The maximum absolute atomic E-state index is 12.2. The highest BCUT2D eigenvalue weighted by Crippen LogP contribution is 2.26. The predicted octanol–water partition coefficient (Wildman–Crippen LogP) is 4.13. The van der Waals surface area contributed by atoms with Crippen molar-refractivity contribution in [2.45, 2.75) is 19.4 Å². The minimum atomic E-state index is -0.598. The number of carbonyl (C=O) groups excluding carboxylic acids is 1. The predicted molar refractivity (Wildman–Crippen MR) is 94.1 cm³/mol. The fourth-order valence-electron chi connectivity index (χ4n) is 2.62. The minimum absolute atomic E-state index is 0.181. The molecule has 0 aliphatic rings. The molecule has 0 amide bonds. The number of para-hydroxylation sites is 1. The first-order chi connectivity index (χ1) is 12.2. The smallest absolute Gasteiger partial charge is 0.311 e. The summed E-state index contributed by atoms with van der Waals surface area (Å²) in [6.07, 6.45) is 1.41. The number of aromatic amines is 1. The number of rotatable bonds is 5. The molecule has 7 heteroatoms. The Morgan fingerprint density at radius 3 is 3.00 bits per heavy atom. The lowest BCUT2D eigenvalue weighted by molar-refractivity contribution is -0.148. The number of aromatic nitrogens is 3. The van der Waals surface area contributed by atoms with Gasteiger partial charge in [0, 0.05) is 17.1 Å². The first-order valence-electron chi connectivity index (χ1n) is 7.82. The zero-order chi connectivity index (χ0) is 17.2. The first-order valence-corrected chi connectivity index (χ1v) is 8.70. The van der Waals surface area contributed by atoms with Crippen LogP contribution >= 0.6 is 11.3 Å². The molecule has 0 aliphatic carbocycles. The van der Waals surface area contributed by atoms with Crippen molar-refractivity contribution >= 4 is 28.2 Å². The number of fused-ring (bicyclic) bond motifs is 1. The number of H-pyrrole nitrogens is 1. The van der Waals surface area contributed by atoms with Gasteiger partial charge in [0.25, 0.3) is 11.8 Å². The normalized spacial score (nSPS) is 12.4. The number of hydrogen-bond acceptors (Lipinski definition) is 6. The van der Waals surface area contributed by atoms with E-state index in [-0.39, 0.29) is 18.3 Å². The summed E-state index contributed by atoms with van der Waals surface area (Å²) in [6.45, 7) is 1.72. The summed E-state index contributed by atoms with van der Waals surface area (Å²) in [5.41, 5.74) is 1.90. The van der Waals surface area contributed by atoms with Gasteiger partial charge in [-0.2, -0.15) is 0 Å². The Labute approximate surface area is 147 Å². The Kier molecular flexibility index (Phi) is 4.07. The van der Waals surface area contributed by atoms with Gasteiger partial charge in [-0.1, -0.05) is 24.3 Å². The van der Waals surface area contributed by atoms with Crippen molar-refractivity contribution in [1.29, 1.82) is 0 Å². The summed E-state index contributed by atoms with van der Waals surface area (Å²) in [5, 5.41) is 10.9. The van der Waals surface area contributed by atoms with E-state index >= 15 is 0 Å². The number of carbonyl (C=O) groups is 1.